The van der Waals surface area contributed by atoms with Gasteiger partial charge in [0, 0.05) is 18.2 Å². The SMILES string of the molecule is COc1ccccc1C1COC(C)CN1c1cc2c(cn1)OCC(=O)N2. The Morgan fingerprint density at radius 2 is 2.19 bits per heavy atom. The number of nitrogens with one attached hydrogen (secondary N) is 1. The lowest BCUT2D eigenvalue weighted by molar-refractivity contribution is -0.118. The summed E-state index contributed by atoms with van der Waals surface area (Å²) in [4.78, 5) is 18.4. The van der Waals surface area contributed by atoms with Crippen molar-refractivity contribution in [3.05, 3.63) is 42.1 Å². The molecule has 0 saturated carbocycles. The molecule has 1 aromatic carbocycles. The van der Waals surface area contributed by atoms with E-state index in [4.69, 9.17) is 14.2 Å². The van der Waals surface area contributed by atoms with Crippen molar-refractivity contribution < 1.29 is 19.0 Å². The molecule has 0 bridgehead atoms. The number of morpholine rings is 1. The number of rotatable bonds is 3. The van der Waals surface area contributed by atoms with Crippen LogP contribution in [0.1, 0.15) is 18.5 Å². The number of pyridine rings is 1. The van der Waals surface area contributed by atoms with Crippen molar-refractivity contribution in [2.45, 2.75) is 19.1 Å². The van der Waals surface area contributed by atoms with E-state index in [1.807, 2.05) is 37.3 Å². The smallest absolute Gasteiger partial charge is 0.262 e. The molecule has 2 aromatic rings. The second-order valence-corrected chi connectivity index (χ2v) is 6.43. The Morgan fingerprint density at radius 3 is 3.04 bits per heavy atom. The zero-order valence-electron chi connectivity index (χ0n) is 14.8. The van der Waals surface area contributed by atoms with E-state index in [2.05, 4.69) is 15.2 Å². The molecule has 1 aromatic heterocycles. The molecule has 0 spiro atoms. The Hall–Kier alpha value is -2.80. The Bertz CT molecular complexity index is 826. The third kappa shape index (κ3) is 3.06. The highest BCUT2D eigenvalue weighted by molar-refractivity contribution is 5.95. The first-order chi connectivity index (χ1) is 12.7. The van der Waals surface area contributed by atoms with E-state index in [-0.39, 0.29) is 24.7 Å². The maximum absolute atomic E-state index is 11.6. The van der Waals surface area contributed by atoms with Gasteiger partial charge >= 0.3 is 0 Å². The summed E-state index contributed by atoms with van der Waals surface area (Å²) in [6.45, 7) is 3.27. The molecule has 0 aliphatic carbocycles. The monoisotopic (exact) mass is 355 g/mol. The lowest BCUT2D eigenvalue weighted by atomic mass is 10.0. The number of para-hydroxylation sites is 1. The summed E-state index contributed by atoms with van der Waals surface area (Å²) in [6.07, 6.45) is 1.73. The first-order valence-corrected chi connectivity index (χ1v) is 8.59. The maximum atomic E-state index is 11.6. The number of amides is 1. The third-order valence-electron chi connectivity index (χ3n) is 4.65. The average molecular weight is 355 g/mol. The summed E-state index contributed by atoms with van der Waals surface area (Å²) in [5.74, 6) is 2.01. The number of methoxy groups -OCH3 is 1. The molecule has 1 saturated heterocycles. The molecule has 4 rings (SSSR count). The summed E-state index contributed by atoms with van der Waals surface area (Å²) in [5, 5.41) is 2.84. The van der Waals surface area contributed by atoms with Gasteiger partial charge in [0.15, 0.2) is 12.4 Å². The van der Waals surface area contributed by atoms with Crippen LogP contribution in [0.3, 0.4) is 0 Å². The summed E-state index contributed by atoms with van der Waals surface area (Å²) >= 11 is 0. The van der Waals surface area contributed by atoms with Crippen molar-refractivity contribution in [1.29, 1.82) is 0 Å². The van der Waals surface area contributed by atoms with Crippen molar-refractivity contribution in [3.63, 3.8) is 0 Å². The summed E-state index contributed by atoms with van der Waals surface area (Å²) in [7, 11) is 1.67. The number of anilines is 2. The summed E-state index contributed by atoms with van der Waals surface area (Å²) in [5.41, 5.74) is 1.69. The fourth-order valence-corrected chi connectivity index (χ4v) is 3.39. The van der Waals surface area contributed by atoms with Crippen molar-refractivity contribution in [2.75, 3.05) is 37.1 Å². The number of aromatic nitrogens is 1. The van der Waals surface area contributed by atoms with Crippen molar-refractivity contribution >= 4 is 17.4 Å². The normalized spacial score (nSPS) is 22.2. The molecule has 1 amide bonds. The van der Waals surface area contributed by atoms with E-state index >= 15 is 0 Å². The third-order valence-corrected chi connectivity index (χ3v) is 4.65. The zero-order valence-corrected chi connectivity index (χ0v) is 14.8. The van der Waals surface area contributed by atoms with Crippen LogP contribution in [0.2, 0.25) is 0 Å². The number of hydrogen-bond donors (Lipinski definition) is 1. The highest BCUT2D eigenvalue weighted by Gasteiger charge is 2.32. The molecule has 7 nitrogen and oxygen atoms in total. The van der Waals surface area contributed by atoms with Gasteiger partial charge in [-0.1, -0.05) is 18.2 Å². The van der Waals surface area contributed by atoms with Crippen LogP contribution in [-0.2, 0) is 9.53 Å². The number of carbonyl (C=O) groups is 1. The van der Waals surface area contributed by atoms with Gasteiger partial charge in [0.25, 0.3) is 5.91 Å². The molecular formula is C19H21N3O4. The molecule has 0 radical (unpaired) electrons. The first-order valence-electron chi connectivity index (χ1n) is 8.59. The number of benzene rings is 1. The molecule has 2 aliphatic rings. The van der Waals surface area contributed by atoms with Crippen molar-refractivity contribution in [2.24, 2.45) is 0 Å². The van der Waals surface area contributed by atoms with Gasteiger partial charge in [-0.2, -0.15) is 0 Å². The van der Waals surface area contributed by atoms with Crippen LogP contribution < -0.4 is 19.7 Å². The first kappa shape index (κ1) is 16.7. The number of nitrogens with zero attached hydrogens (tertiary/aromatic N) is 2. The largest absolute Gasteiger partial charge is 0.496 e. The highest BCUT2D eigenvalue weighted by Crippen LogP contribution is 2.37. The van der Waals surface area contributed by atoms with Crippen LogP contribution in [0.15, 0.2) is 36.5 Å². The fraction of sp³-hybridized carbons (Fsp3) is 0.368. The molecule has 1 N–H and O–H groups in total. The molecule has 136 valence electrons. The number of fused-ring (bicyclic) bond motifs is 1. The van der Waals surface area contributed by atoms with E-state index in [0.717, 1.165) is 17.1 Å². The molecule has 2 aliphatic heterocycles. The van der Waals surface area contributed by atoms with E-state index in [1.165, 1.54) is 0 Å². The Morgan fingerprint density at radius 1 is 1.35 bits per heavy atom. The number of carbonyl (C=O) groups excluding carboxylic acids is 1. The number of hydrogen-bond acceptors (Lipinski definition) is 6. The molecule has 1 fully saturated rings. The van der Waals surface area contributed by atoms with Crippen LogP contribution in [0.5, 0.6) is 11.5 Å². The predicted octanol–water partition coefficient (Wildman–Crippen LogP) is 2.39. The number of ether oxygens (including phenoxy) is 3. The summed E-state index contributed by atoms with van der Waals surface area (Å²) < 4.78 is 16.9. The van der Waals surface area contributed by atoms with Gasteiger partial charge < -0.3 is 24.4 Å². The topological polar surface area (TPSA) is 72.9 Å². The quantitative estimate of drug-likeness (QED) is 0.911. The Balaban J connectivity index is 1.72. The van der Waals surface area contributed by atoms with Gasteiger partial charge in [-0.25, -0.2) is 4.98 Å². The van der Waals surface area contributed by atoms with Gasteiger partial charge in [-0.05, 0) is 13.0 Å². The minimum absolute atomic E-state index is 0.0203. The molecule has 2 atom stereocenters. The van der Waals surface area contributed by atoms with Crippen molar-refractivity contribution in [3.8, 4) is 11.5 Å². The highest BCUT2D eigenvalue weighted by atomic mass is 16.5. The maximum Gasteiger partial charge on any atom is 0.262 e. The molecule has 2 unspecified atom stereocenters. The fourth-order valence-electron chi connectivity index (χ4n) is 3.39. The van der Waals surface area contributed by atoms with Crippen LogP contribution in [0.4, 0.5) is 11.5 Å². The van der Waals surface area contributed by atoms with Crippen LogP contribution in [0, 0.1) is 0 Å². The van der Waals surface area contributed by atoms with Gasteiger partial charge in [-0.3, -0.25) is 4.79 Å². The Labute approximate surface area is 151 Å². The average Bonchev–Trinajstić information content (AvgIpc) is 2.67. The van der Waals surface area contributed by atoms with Crippen molar-refractivity contribution in [1.82, 2.24) is 4.98 Å². The molecule has 7 heteroatoms. The zero-order chi connectivity index (χ0) is 18.1. The van der Waals surface area contributed by atoms with Crippen LogP contribution >= 0.6 is 0 Å². The lowest BCUT2D eigenvalue weighted by Crippen LogP contribution is -2.44. The molecule has 26 heavy (non-hydrogen) atoms. The summed E-state index contributed by atoms with van der Waals surface area (Å²) in [6, 6.07) is 9.74. The minimum Gasteiger partial charge on any atom is -0.496 e. The standard InChI is InChI=1S/C19H21N3O4/c1-12-9-22(15(10-25-12)13-5-3-4-6-16(13)24-2)18-7-14-17(8-20-18)26-11-19(23)21-14/h3-8,12,15H,9-11H2,1-2H3,(H,21,23). The van der Waals surface area contributed by atoms with Gasteiger partial charge in [0.2, 0.25) is 0 Å². The van der Waals surface area contributed by atoms with Crippen LogP contribution in [-0.4, -0.2) is 43.9 Å². The van der Waals surface area contributed by atoms with E-state index in [1.54, 1.807) is 13.3 Å². The minimum atomic E-state index is -0.161. The van der Waals surface area contributed by atoms with Crippen LogP contribution in [0.25, 0.3) is 0 Å². The molecule has 3 heterocycles. The Kier molecular flexibility index (Phi) is 4.38. The van der Waals surface area contributed by atoms with E-state index in [9.17, 15) is 4.79 Å². The van der Waals surface area contributed by atoms with Gasteiger partial charge in [0.1, 0.15) is 11.6 Å². The second-order valence-electron chi connectivity index (χ2n) is 6.43. The van der Waals surface area contributed by atoms with E-state index in [0.29, 0.717) is 24.6 Å². The second kappa shape index (κ2) is 6.84. The predicted molar refractivity (Wildman–Crippen MR) is 96.9 cm³/mol. The van der Waals surface area contributed by atoms with Gasteiger partial charge in [0.05, 0.1) is 37.7 Å². The lowest BCUT2D eigenvalue weighted by Gasteiger charge is -2.40. The van der Waals surface area contributed by atoms with Gasteiger partial charge in [-0.15, -0.1) is 0 Å². The van der Waals surface area contributed by atoms with E-state index < -0.39 is 0 Å². The molecular weight excluding hydrogens is 334 g/mol.